The fourth-order valence-corrected chi connectivity index (χ4v) is 4.03. The van der Waals surface area contributed by atoms with Crippen LogP contribution in [0.25, 0.3) is 10.9 Å². The van der Waals surface area contributed by atoms with Crippen molar-refractivity contribution in [3.63, 3.8) is 0 Å². The first-order valence-electron chi connectivity index (χ1n) is 9.96. The van der Waals surface area contributed by atoms with E-state index in [1.54, 1.807) is 0 Å². The Hall–Kier alpha value is -1.85. The highest BCUT2D eigenvalue weighted by Crippen LogP contribution is 2.25. The average Bonchev–Trinajstić information content (AvgIpc) is 2.72. The summed E-state index contributed by atoms with van der Waals surface area (Å²) >= 11 is 12.1. The normalized spacial score (nSPS) is 15.7. The zero-order valence-corrected chi connectivity index (χ0v) is 18.1. The topological polar surface area (TPSA) is 28.6 Å². The quantitative estimate of drug-likeness (QED) is 0.548. The molecule has 2 heterocycles. The zero-order valence-electron chi connectivity index (χ0n) is 16.6. The van der Waals surface area contributed by atoms with E-state index in [9.17, 15) is 0 Å². The molecule has 1 saturated heterocycles. The van der Waals surface area contributed by atoms with Gasteiger partial charge in [0.05, 0.1) is 15.6 Å². The maximum absolute atomic E-state index is 6.13. The lowest BCUT2D eigenvalue weighted by Crippen LogP contribution is -2.47. The average molecular weight is 430 g/mol. The molecule has 4 rings (SSSR count). The Labute approximate surface area is 182 Å². The summed E-state index contributed by atoms with van der Waals surface area (Å²) in [6, 6.07) is 16.1. The monoisotopic (exact) mass is 429 g/mol. The van der Waals surface area contributed by atoms with Crippen molar-refractivity contribution in [3.8, 4) is 5.75 Å². The summed E-state index contributed by atoms with van der Waals surface area (Å²) in [5.41, 5.74) is 3.21. The van der Waals surface area contributed by atoms with Crippen molar-refractivity contribution >= 4 is 34.1 Å². The molecular weight excluding hydrogens is 405 g/mol. The SMILES string of the molecule is Cc1ccc2c(OCCN3CCN(Cc4ccc(Cl)c(Cl)c4)CC3)cccc2n1. The maximum Gasteiger partial charge on any atom is 0.128 e. The van der Waals surface area contributed by atoms with Gasteiger partial charge in [0.2, 0.25) is 0 Å². The van der Waals surface area contributed by atoms with Gasteiger partial charge in [0.15, 0.2) is 0 Å². The fraction of sp³-hybridized carbons (Fsp3) is 0.348. The largest absolute Gasteiger partial charge is 0.492 e. The summed E-state index contributed by atoms with van der Waals surface area (Å²) in [5, 5.41) is 2.31. The third-order valence-corrected chi connectivity index (χ3v) is 6.09. The molecule has 0 N–H and O–H groups in total. The number of piperazine rings is 1. The lowest BCUT2D eigenvalue weighted by Gasteiger charge is -2.34. The van der Waals surface area contributed by atoms with Crippen LogP contribution in [-0.4, -0.2) is 54.1 Å². The molecule has 0 amide bonds. The molecule has 6 heteroatoms. The molecule has 29 heavy (non-hydrogen) atoms. The highest BCUT2D eigenvalue weighted by Gasteiger charge is 2.17. The smallest absolute Gasteiger partial charge is 0.128 e. The van der Waals surface area contributed by atoms with Gasteiger partial charge in [0.25, 0.3) is 0 Å². The van der Waals surface area contributed by atoms with Crippen molar-refractivity contribution in [3.05, 3.63) is 69.8 Å². The molecule has 0 spiro atoms. The van der Waals surface area contributed by atoms with Crippen LogP contribution in [0.15, 0.2) is 48.5 Å². The van der Waals surface area contributed by atoms with Crippen molar-refractivity contribution in [2.24, 2.45) is 0 Å². The van der Waals surface area contributed by atoms with Gasteiger partial charge in [-0.3, -0.25) is 14.8 Å². The van der Waals surface area contributed by atoms with Crippen LogP contribution in [0.3, 0.4) is 0 Å². The van der Waals surface area contributed by atoms with E-state index in [1.807, 2.05) is 43.3 Å². The number of hydrogen-bond acceptors (Lipinski definition) is 4. The predicted molar refractivity (Wildman–Crippen MR) is 120 cm³/mol. The van der Waals surface area contributed by atoms with Crippen LogP contribution in [-0.2, 0) is 6.54 Å². The molecule has 4 nitrogen and oxygen atoms in total. The maximum atomic E-state index is 6.13. The number of aryl methyl sites for hydroxylation is 1. The summed E-state index contributed by atoms with van der Waals surface area (Å²) in [7, 11) is 0. The molecule has 0 unspecified atom stereocenters. The highest BCUT2D eigenvalue weighted by atomic mass is 35.5. The Morgan fingerprint density at radius 1 is 0.931 bits per heavy atom. The molecule has 1 fully saturated rings. The Morgan fingerprint density at radius 3 is 2.52 bits per heavy atom. The third kappa shape index (κ3) is 5.20. The van der Waals surface area contributed by atoms with Crippen LogP contribution >= 0.6 is 23.2 Å². The van der Waals surface area contributed by atoms with E-state index in [2.05, 4.69) is 26.9 Å². The molecule has 0 bridgehead atoms. The first-order chi connectivity index (χ1) is 14.1. The van der Waals surface area contributed by atoms with Gasteiger partial charge in [-0.25, -0.2) is 0 Å². The summed E-state index contributed by atoms with van der Waals surface area (Å²) in [6.45, 7) is 8.69. The Morgan fingerprint density at radius 2 is 1.72 bits per heavy atom. The Bertz CT molecular complexity index is 987. The van der Waals surface area contributed by atoms with Crippen molar-refractivity contribution in [2.45, 2.75) is 13.5 Å². The van der Waals surface area contributed by atoms with Gasteiger partial charge in [-0.2, -0.15) is 0 Å². The Balaban J connectivity index is 1.25. The second kappa shape index (κ2) is 9.31. The van der Waals surface area contributed by atoms with Gasteiger partial charge in [-0.05, 0) is 48.9 Å². The fourth-order valence-electron chi connectivity index (χ4n) is 3.71. The third-order valence-electron chi connectivity index (χ3n) is 5.35. The molecule has 0 saturated carbocycles. The first-order valence-corrected chi connectivity index (χ1v) is 10.7. The number of rotatable bonds is 6. The van der Waals surface area contributed by atoms with Crippen molar-refractivity contribution < 1.29 is 4.74 Å². The predicted octanol–water partition coefficient (Wildman–Crippen LogP) is 5.05. The molecule has 0 radical (unpaired) electrons. The van der Waals surface area contributed by atoms with Gasteiger partial charge in [-0.15, -0.1) is 0 Å². The molecule has 0 atom stereocenters. The van der Waals surface area contributed by atoms with E-state index < -0.39 is 0 Å². The molecular formula is C23H25Cl2N3O. The summed E-state index contributed by atoms with van der Waals surface area (Å²) in [5.74, 6) is 0.910. The minimum atomic E-state index is 0.609. The number of pyridine rings is 1. The minimum absolute atomic E-state index is 0.609. The molecule has 1 aliphatic heterocycles. The van der Waals surface area contributed by atoms with Gasteiger partial charge < -0.3 is 4.74 Å². The van der Waals surface area contributed by atoms with Crippen LogP contribution in [0.2, 0.25) is 10.0 Å². The highest BCUT2D eigenvalue weighted by molar-refractivity contribution is 6.42. The van der Waals surface area contributed by atoms with Crippen molar-refractivity contribution in [2.75, 3.05) is 39.3 Å². The first kappa shape index (κ1) is 20.4. The lowest BCUT2D eigenvalue weighted by molar-refractivity contribution is 0.113. The van der Waals surface area contributed by atoms with Crippen molar-refractivity contribution in [1.29, 1.82) is 0 Å². The molecule has 3 aromatic rings. The number of fused-ring (bicyclic) bond motifs is 1. The standard InChI is InChI=1S/C23H25Cl2N3O/c1-17-5-7-19-22(26-17)3-2-4-23(19)29-14-13-27-9-11-28(12-10-27)16-18-6-8-20(24)21(25)15-18/h2-8,15H,9-14,16H2,1H3. The van der Waals surface area contributed by atoms with Gasteiger partial charge in [0, 0.05) is 50.3 Å². The number of nitrogens with zero attached hydrogens (tertiary/aromatic N) is 3. The van der Waals surface area contributed by atoms with E-state index in [1.165, 1.54) is 5.56 Å². The van der Waals surface area contributed by atoms with Crippen LogP contribution in [0, 0.1) is 6.92 Å². The number of ether oxygens (including phenoxy) is 1. The van der Waals surface area contributed by atoms with Crippen molar-refractivity contribution in [1.82, 2.24) is 14.8 Å². The van der Waals surface area contributed by atoms with E-state index in [0.717, 1.165) is 61.6 Å². The molecule has 2 aromatic carbocycles. The molecule has 152 valence electrons. The number of aromatic nitrogens is 1. The summed E-state index contributed by atoms with van der Waals surface area (Å²) in [4.78, 5) is 9.49. The van der Waals surface area contributed by atoms with Gasteiger partial charge in [-0.1, -0.05) is 35.3 Å². The van der Waals surface area contributed by atoms with Gasteiger partial charge >= 0.3 is 0 Å². The summed E-state index contributed by atoms with van der Waals surface area (Å²) < 4.78 is 6.09. The zero-order chi connectivity index (χ0) is 20.2. The summed E-state index contributed by atoms with van der Waals surface area (Å²) in [6.07, 6.45) is 0. The lowest BCUT2D eigenvalue weighted by atomic mass is 10.2. The molecule has 0 aliphatic carbocycles. The van der Waals surface area contributed by atoms with E-state index >= 15 is 0 Å². The minimum Gasteiger partial charge on any atom is -0.492 e. The van der Waals surface area contributed by atoms with E-state index in [4.69, 9.17) is 27.9 Å². The van der Waals surface area contributed by atoms with E-state index in [0.29, 0.717) is 16.7 Å². The second-order valence-electron chi connectivity index (χ2n) is 7.49. The van der Waals surface area contributed by atoms with Crippen LogP contribution in [0.1, 0.15) is 11.3 Å². The number of hydrogen-bond donors (Lipinski definition) is 0. The van der Waals surface area contributed by atoms with E-state index in [-0.39, 0.29) is 0 Å². The number of benzene rings is 2. The Kier molecular flexibility index (Phi) is 6.56. The van der Waals surface area contributed by atoms with Crippen LogP contribution in [0.5, 0.6) is 5.75 Å². The molecule has 1 aliphatic rings. The van der Waals surface area contributed by atoms with Crippen LogP contribution < -0.4 is 4.74 Å². The number of halogens is 2. The van der Waals surface area contributed by atoms with Gasteiger partial charge in [0.1, 0.15) is 12.4 Å². The van der Waals surface area contributed by atoms with Crippen LogP contribution in [0.4, 0.5) is 0 Å². The second-order valence-corrected chi connectivity index (χ2v) is 8.30. The molecule has 1 aromatic heterocycles.